The summed E-state index contributed by atoms with van der Waals surface area (Å²) in [6.45, 7) is 4.17. The third-order valence-electron chi connectivity index (χ3n) is 3.80. The maximum absolute atomic E-state index is 5.45. The van der Waals surface area contributed by atoms with Gasteiger partial charge in [0.2, 0.25) is 0 Å². The van der Waals surface area contributed by atoms with Crippen LogP contribution in [0.15, 0.2) is 42.5 Å². The molecule has 0 aliphatic carbocycles. The van der Waals surface area contributed by atoms with E-state index in [-0.39, 0.29) is 6.04 Å². The van der Waals surface area contributed by atoms with E-state index in [9.17, 15) is 0 Å². The number of anilines is 1. The molecule has 4 nitrogen and oxygen atoms in total. The first-order valence-electron chi connectivity index (χ1n) is 7.93. The number of benzene rings is 2. The van der Waals surface area contributed by atoms with Crippen LogP contribution in [0.1, 0.15) is 30.5 Å². The predicted octanol–water partition coefficient (Wildman–Crippen LogP) is 4.45. The lowest BCUT2D eigenvalue weighted by molar-refractivity contribution is 0.354. The fourth-order valence-electron chi connectivity index (χ4n) is 2.54. The van der Waals surface area contributed by atoms with E-state index in [4.69, 9.17) is 21.7 Å². The van der Waals surface area contributed by atoms with Crippen molar-refractivity contribution in [3.63, 3.8) is 0 Å². The molecule has 2 N–H and O–H groups in total. The van der Waals surface area contributed by atoms with Crippen molar-refractivity contribution in [2.75, 3.05) is 19.5 Å². The van der Waals surface area contributed by atoms with Crippen LogP contribution in [0.2, 0.25) is 0 Å². The van der Waals surface area contributed by atoms with E-state index >= 15 is 0 Å². The Labute approximate surface area is 149 Å². The second-order valence-corrected chi connectivity index (χ2v) is 5.95. The average Bonchev–Trinajstić information content (AvgIpc) is 2.59. The highest BCUT2D eigenvalue weighted by Gasteiger charge is 2.14. The molecule has 0 aliphatic rings. The summed E-state index contributed by atoms with van der Waals surface area (Å²) in [5, 5.41) is 7.20. The van der Waals surface area contributed by atoms with Gasteiger partial charge in [-0.15, -0.1) is 0 Å². The second kappa shape index (κ2) is 8.55. The molecule has 128 valence electrons. The molecule has 0 aliphatic heterocycles. The Balaban J connectivity index is 2.09. The summed E-state index contributed by atoms with van der Waals surface area (Å²) in [4.78, 5) is 0. The summed E-state index contributed by atoms with van der Waals surface area (Å²) >= 11 is 5.45. The van der Waals surface area contributed by atoms with Gasteiger partial charge in [-0.2, -0.15) is 0 Å². The minimum atomic E-state index is 0.0922. The zero-order chi connectivity index (χ0) is 17.5. The smallest absolute Gasteiger partial charge is 0.171 e. The lowest BCUT2D eigenvalue weighted by Gasteiger charge is -2.21. The Morgan fingerprint density at radius 3 is 2.46 bits per heavy atom. The fourth-order valence-corrected chi connectivity index (χ4v) is 2.80. The lowest BCUT2D eigenvalue weighted by atomic mass is 10.0. The number of methoxy groups -OCH3 is 2. The number of nitrogens with one attached hydrogen (secondary N) is 2. The van der Waals surface area contributed by atoms with Crippen LogP contribution in [-0.4, -0.2) is 19.3 Å². The Kier molecular flexibility index (Phi) is 6.44. The molecule has 1 atom stereocenters. The highest BCUT2D eigenvalue weighted by atomic mass is 32.1. The van der Waals surface area contributed by atoms with E-state index in [0.29, 0.717) is 10.9 Å². The van der Waals surface area contributed by atoms with Crippen molar-refractivity contribution in [2.45, 2.75) is 26.3 Å². The minimum Gasteiger partial charge on any atom is -0.493 e. The van der Waals surface area contributed by atoms with Gasteiger partial charge in [-0.1, -0.05) is 25.1 Å². The third-order valence-corrected chi connectivity index (χ3v) is 4.02. The Morgan fingerprint density at radius 2 is 1.83 bits per heavy atom. The molecular weight excluding hydrogens is 320 g/mol. The van der Waals surface area contributed by atoms with Gasteiger partial charge in [0.05, 0.1) is 20.3 Å². The molecule has 0 spiro atoms. The monoisotopic (exact) mass is 344 g/mol. The molecule has 0 fully saturated rings. The van der Waals surface area contributed by atoms with Gasteiger partial charge in [-0.25, -0.2) is 0 Å². The van der Waals surface area contributed by atoms with Crippen molar-refractivity contribution in [1.82, 2.24) is 5.32 Å². The quantitative estimate of drug-likeness (QED) is 0.758. The SMILES string of the molecule is CC[C@H](NC(=S)Nc1cccc(C)c1)c1ccc(OC)c(OC)c1. The van der Waals surface area contributed by atoms with Gasteiger partial charge in [0.25, 0.3) is 0 Å². The first kappa shape index (κ1) is 18.1. The highest BCUT2D eigenvalue weighted by molar-refractivity contribution is 7.80. The average molecular weight is 344 g/mol. The highest BCUT2D eigenvalue weighted by Crippen LogP contribution is 2.30. The number of thiocarbonyl (C=S) groups is 1. The summed E-state index contributed by atoms with van der Waals surface area (Å²) in [6.07, 6.45) is 0.894. The molecule has 0 unspecified atom stereocenters. The number of ether oxygens (including phenoxy) is 2. The molecule has 2 aromatic carbocycles. The normalized spacial score (nSPS) is 11.5. The summed E-state index contributed by atoms with van der Waals surface area (Å²) in [6, 6.07) is 14.1. The number of hydrogen-bond donors (Lipinski definition) is 2. The van der Waals surface area contributed by atoms with Crippen LogP contribution in [0.25, 0.3) is 0 Å². The van der Waals surface area contributed by atoms with Crippen molar-refractivity contribution < 1.29 is 9.47 Å². The first-order chi connectivity index (χ1) is 11.6. The maximum atomic E-state index is 5.45. The third kappa shape index (κ3) is 4.61. The van der Waals surface area contributed by atoms with Crippen molar-refractivity contribution in [3.05, 3.63) is 53.6 Å². The standard InChI is InChI=1S/C19H24N2O2S/c1-5-16(14-9-10-17(22-3)18(12-14)23-4)21-19(24)20-15-8-6-7-13(2)11-15/h6-12,16H,5H2,1-4H3,(H2,20,21,24)/t16-/m0/s1. The molecule has 0 bridgehead atoms. The van der Waals surface area contributed by atoms with Crippen molar-refractivity contribution in [3.8, 4) is 11.5 Å². The Hall–Kier alpha value is -2.27. The van der Waals surface area contributed by atoms with Crippen LogP contribution < -0.4 is 20.1 Å². The van der Waals surface area contributed by atoms with Gasteiger partial charge in [-0.05, 0) is 61.0 Å². The van der Waals surface area contributed by atoms with E-state index in [0.717, 1.165) is 23.4 Å². The number of hydrogen-bond acceptors (Lipinski definition) is 3. The van der Waals surface area contributed by atoms with Gasteiger partial charge in [0, 0.05) is 5.69 Å². The maximum Gasteiger partial charge on any atom is 0.171 e. The van der Waals surface area contributed by atoms with Crippen LogP contribution in [0.5, 0.6) is 11.5 Å². The molecule has 2 rings (SSSR count). The molecule has 0 heterocycles. The van der Waals surface area contributed by atoms with Crippen LogP contribution in [-0.2, 0) is 0 Å². The van der Waals surface area contributed by atoms with Gasteiger partial charge in [0.1, 0.15) is 0 Å². The van der Waals surface area contributed by atoms with Gasteiger partial charge in [0.15, 0.2) is 16.6 Å². The van der Waals surface area contributed by atoms with Crippen molar-refractivity contribution >= 4 is 23.0 Å². The zero-order valence-corrected chi connectivity index (χ0v) is 15.4. The Bertz CT molecular complexity index is 704. The van der Waals surface area contributed by atoms with E-state index in [1.165, 1.54) is 5.56 Å². The van der Waals surface area contributed by atoms with E-state index in [2.05, 4.69) is 36.6 Å². The van der Waals surface area contributed by atoms with Gasteiger partial charge >= 0.3 is 0 Å². The molecule has 0 aromatic heterocycles. The van der Waals surface area contributed by atoms with Crippen LogP contribution >= 0.6 is 12.2 Å². The van der Waals surface area contributed by atoms with Crippen LogP contribution in [0.4, 0.5) is 5.69 Å². The molecule has 0 radical (unpaired) electrons. The van der Waals surface area contributed by atoms with E-state index in [1.54, 1.807) is 14.2 Å². The minimum absolute atomic E-state index is 0.0922. The molecule has 24 heavy (non-hydrogen) atoms. The summed E-state index contributed by atoms with van der Waals surface area (Å²) in [7, 11) is 3.27. The Morgan fingerprint density at radius 1 is 1.08 bits per heavy atom. The molecular formula is C19H24N2O2S. The number of aryl methyl sites for hydroxylation is 1. The summed E-state index contributed by atoms with van der Waals surface area (Å²) in [5.41, 5.74) is 3.27. The predicted molar refractivity (Wildman–Crippen MR) is 103 cm³/mol. The van der Waals surface area contributed by atoms with Gasteiger partial charge in [-0.3, -0.25) is 0 Å². The molecule has 2 aromatic rings. The van der Waals surface area contributed by atoms with Crippen LogP contribution in [0.3, 0.4) is 0 Å². The molecule has 5 heteroatoms. The first-order valence-corrected chi connectivity index (χ1v) is 8.34. The van der Waals surface area contributed by atoms with Crippen molar-refractivity contribution in [1.29, 1.82) is 0 Å². The van der Waals surface area contributed by atoms with E-state index < -0.39 is 0 Å². The summed E-state index contributed by atoms with van der Waals surface area (Å²) < 4.78 is 10.7. The largest absolute Gasteiger partial charge is 0.493 e. The fraction of sp³-hybridized carbons (Fsp3) is 0.316. The molecule has 0 amide bonds. The molecule has 0 saturated heterocycles. The van der Waals surface area contributed by atoms with Crippen molar-refractivity contribution in [2.24, 2.45) is 0 Å². The molecule has 0 saturated carbocycles. The van der Waals surface area contributed by atoms with Gasteiger partial charge < -0.3 is 20.1 Å². The summed E-state index contributed by atoms with van der Waals surface area (Å²) in [5.74, 6) is 1.43. The van der Waals surface area contributed by atoms with E-state index in [1.807, 2.05) is 30.3 Å². The topological polar surface area (TPSA) is 42.5 Å². The zero-order valence-electron chi connectivity index (χ0n) is 14.6. The second-order valence-electron chi connectivity index (χ2n) is 5.54. The van der Waals surface area contributed by atoms with Crippen LogP contribution in [0, 0.1) is 6.92 Å². The number of rotatable bonds is 6. The lowest BCUT2D eigenvalue weighted by Crippen LogP contribution is -2.32.